The molecule has 0 aliphatic heterocycles. The third-order valence-corrected chi connectivity index (χ3v) is 2.27. The summed E-state index contributed by atoms with van der Waals surface area (Å²) in [6, 6.07) is 7.70. The first-order valence-corrected chi connectivity index (χ1v) is 5.23. The lowest BCUT2D eigenvalue weighted by Crippen LogP contribution is -2.05. The average Bonchev–Trinajstić information content (AvgIpc) is 2.38. The molecule has 0 spiro atoms. The predicted octanol–water partition coefficient (Wildman–Crippen LogP) is 1.68. The normalized spacial score (nSPS) is 9.94. The second-order valence-electron chi connectivity index (χ2n) is 3.49. The Hall–Kier alpha value is -2.30. The average molecular weight is 230 g/mol. The number of methoxy groups -OCH3 is 1. The van der Waals surface area contributed by atoms with Crippen LogP contribution in [0.5, 0.6) is 5.75 Å². The molecule has 0 aliphatic carbocycles. The van der Waals surface area contributed by atoms with Crippen molar-refractivity contribution >= 4 is 11.4 Å². The van der Waals surface area contributed by atoms with Crippen LogP contribution in [0.3, 0.4) is 0 Å². The van der Waals surface area contributed by atoms with Gasteiger partial charge in [-0.15, -0.1) is 0 Å². The first-order valence-electron chi connectivity index (χ1n) is 5.23. The summed E-state index contributed by atoms with van der Waals surface area (Å²) in [4.78, 5) is 8.22. The van der Waals surface area contributed by atoms with Crippen LogP contribution in [0.2, 0.25) is 0 Å². The lowest BCUT2D eigenvalue weighted by Gasteiger charge is -2.09. The van der Waals surface area contributed by atoms with E-state index in [9.17, 15) is 0 Å². The van der Waals surface area contributed by atoms with Crippen LogP contribution in [0.4, 0.5) is 11.4 Å². The summed E-state index contributed by atoms with van der Waals surface area (Å²) in [7, 11) is 1.64. The van der Waals surface area contributed by atoms with Crippen LogP contribution in [0.25, 0.3) is 0 Å². The first kappa shape index (κ1) is 11.2. The van der Waals surface area contributed by atoms with E-state index >= 15 is 0 Å². The minimum Gasteiger partial charge on any atom is -0.495 e. The lowest BCUT2D eigenvalue weighted by molar-refractivity contribution is 0.416. The molecule has 0 bridgehead atoms. The van der Waals surface area contributed by atoms with Gasteiger partial charge in [0.1, 0.15) is 11.6 Å². The van der Waals surface area contributed by atoms with Gasteiger partial charge in [0.2, 0.25) is 0 Å². The molecule has 1 aromatic heterocycles. The van der Waals surface area contributed by atoms with E-state index in [4.69, 9.17) is 10.5 Å². The van der Waals surface area contributed by atoms with Crippen molar-refractivity contribution in [3.8, 4) is 5.75 Å². The van der Waals surface area contributed by atoms with Crippen LogP contribution in [-0.2, 0) is 6.54 Å². The van der Waals surface area contributed by atoms with E-state index in [0.717, 1.165) is 11.4 Å². The van der Waals surface area contributed by atoms with Crippen LogP contribution in [0.15, 0.2) is 36.7 Å². The van der Waals surface area contributed by atoms with Gasteiger partial charge in [0.25, 0.3) is 0 Å². The maximum atomic E-state index is 5.51. The monoisotopic (exact) mass is 230 g/mol. The minimum atomic E-state index is 0.528. The molecule has 1 aromatic carbocycles. The Kier molecular flexibility index (Phi) is 3.40. The number of hydrogen-bond donors (Lipinski definition) is 2. The Bertz CT molecular complexity index is 484. The second-order valence-corrected chi connectivity index (χ2v) is 3.49. The van der Waals surface area contributed by atoms with Crippen LogP contribution < -0.4 is 15.8 Å². The molecule has 0 radical (unpaired) electrons. The maximum absolute atomic E-state index is 5.51. The molecule has 0 saturated carbocycles. The molecule has 2 rings (SSSR count). The van der Waals surface area contributed by atoms with Gasteiger partial charge in [-0.3, -0.25) is 0 Å². The van der Waals surface area contributed by atoms with E-state index in [-0.39, 0.29) is 0 Å². The summed E-state index contributed by atoms with van der Waals surface area (Å²) in [6.45, 7) is 0.528. The van der Waals surface area contributed by atoms with Crippen molar-refractivity contribution in [1.29, 1.82) is 0 Å². The van der Waals surface area contributed by atoms with Gasteiger partial charge in [-0.25, -0.2) is 9.97 Å². The van der Waals surface area contributed by atoms with E-state index in [1.165, 1.54) is 0 Å². The SMILES string of the molecule is COc1ccccc1NCc1ncc(N)cn1. The summed E-state index contributed by atoms with van der Waals surface area (Å²) in [6.07, 6.45) is 3.18. The number of nitrogens with one attached hydrogen (secondary N) is 1. The fourth-order valence-electron chi connectivity index (χ4n) is 1.42. The Morgan fingerprint density at radius 2 is 1.94 bits per heavy atom. The number of hydrogen-bond acceptors (Lipinski definition) is 5. The molecule has 88 valence electrons. The Balaban J connectivity index is 2.04. The first-order chi connectivity index (χ1) is 8.29. The summed E-state index contributed by atoms with van der Waals surface area (Å²) in [5.74, 6) is 1.48. The van der Waals surface area contributed by atoms with Crippen molar-refractivity contribution in [1.82, 2.24) is 9.97 Å². The third-order valence-electron chi connectivity index (χ3n) is 2.27. The molecule has 0 amide bonds. The fraction of sp³-hybridized carbons (Fsp3) is 0.167. The number of nitrogen functional groups attached to an aromatic ring is 1. The molecule has 0 fully saturated rings. The topological polar surface area (TPSA) is 73.1 Å². The third kappa shape index (κ3) is 2.84. The van der Waals surface area contributed by atoms with E-state index in [2.05, 4.69) is 15.3 Å². The number of para-hydroxylation sites is 2. The van der Waals surface area contributed by atoms with E-state index < -0.39 is 0 Å². The Morgan fingerprint density at radius 3 is 2.65 bits per heavy atom. The number of anilines is 2. The highest BCUT2D eigenvalue weighted by Crippen LogP contribution is 2.23. The van der Waals surface area contributed by atoms with Crippen LogP contribution in [0.1, 0.15) is 5.82 Å². The minimum absolute atomic E-state index is 0.528. The van der Waals surface area contributed by atoms with Crippen molar-refractivity contribution in [3.63, 3.8) is 0 Å². The van der Waals surface area contributed by atoms with E-state index in [0.29, 0.717) is 18.1 Å². The molecule has 2 aromatic rings. The van der Waals surface area contributed by atoms with Gasteiger partial charge in [-0.2, -0.15) is 0 Å². The summed E-state index contributed by atoms with van der Waals surface area (Å²) in [5, 5.41) is 3.21. The van der Waals surface area contributed by atoms with Crippen molar-refractivity contribution in [3.05, 3.63) is 42.5 Å². The molecule has 5 nitrogen and oxygen atoms in total. The zero-order valence-electron chi connectivity index (χ0n) is 9.55. The molecule has 0 atom stereocenters. The molecule has 3 N–H and O–H groups in total. The van der Waals surface area contributed by atoms with E-state index in [1.54, 1.807) is 19.5 Å². The van der Waals surface area contributed by atoms with Crippen molar-refractivity contribution < 1.29 is 4.74 Å². The van der Waals surface area contributed by atoms with Gasteiger partial charge in [-0.1, -0.05) is 12.1 Å². The Morgan fingerprint density at radius 1 is 1.24 bits per heavy atom. The highest BCUT2D eigenvalue weighted by Gasteiger charge is 2.01. The number of rotatable bonds is 4. The molecule has 0 aliphatic rings. The lowest BCUT2D eigenvalue weighted by atomic mass is 10.3. The molecular formula is C12H14N4O. The van der Waals surface area contributed by atoms with E-state index in [1.807, 2.05) is 24.3 Å². The molecule has 0 saturated heterocycles. The number of aromatic nitrogens is 2. The molecule has 0 unspecified atom stereocenters. The molecule has 17 heavy (non-hydrogen) atoms. The predicted molar refractivity (Wildman–Crippen MR) is 66.8 cm³/mol. The second kappa shape index (κ2) is 5.16. The zero-order valence-corrected chi connectivity index (χ0v) is 9.55. The summed E-state index contributed by atoms with van der Waals surface area (Å²) < 4.78 is 5.23. The fourth-order valence-corrected chi connectivity index (χ4v) is 1.42. The Labute approximate surface area is 99.7 Å². The van der Waals surface area contributed by atoms with Crippen LogP contribution >= 0.6 is 0 Å². The molecular weight excluding hydrogens is 216 g/mol. The zero-order chi connectivity index (χ0) is 12.1. The van der Waals surface area contributed by atoms with Gasteiger partial charge in [-0.05, 0) is 12.1 Å². The highest BCUT2D eigenvalue weighted by molar-refractivity contribution is 5.56. The largest absolute Gasteiger partial charge is 0.495 e. The standard InChI is InChI=1S/C12H14N4O/c1-17-11-5-3-2-4-10(11)14-8-12-15-6-9(13)7-16-12/h2-7,14H,8,13H2,1H3. The number of benzene rings is 1. The number of nitrogens with two attached hydrogens (primary N) is 1. The summed E-state index contributed by atoms with van der Waals surface area (Å²) >= 11 is 0. The molecule has 1 heterocycles. The van der Waals surface area contributed by atoms with Crippen LogP contribution in [0, 0.1) is 0 Å². The molecule has 5 heteroatoms. The van der Waals surface area contributed by atoms with Gasteiger partial charge in [0.05, 0.1) is 37.4 Å². The van der Waals surface area contributed by atoms with Crippen LogP contribution in [-0.4, -0.2) is 17.1 Å². The van der Waals surface area contributed by atoms with Gasteiger partial charge >= 0.3 is 0 Å². The number of ether oxygens (including phenoxy) is 1. The maximum Gasteiger partial charge on any atom is 0.147 e. The highest BCUT2D eigenvalue weighted by atomic mass is 16.5. The smallest absolute Gasteiger partial charge is 0.147 e. The van der Waals surface area contributed by atoms with Gasteiger partial charge in [0, 0.05) is 0 Å². The van der Waals surface area contributed by atoms with Gasteiger partial charge < -0.3 is 15.8 Å². The van der Waals surface area contributed by atoms with Crippen molar-refractivity contribution in [2.24, 2.45) is 0 Å². The summed E-state index contributed by atoms with van der Waals surface area (Å²) in [5.41, 5.74) is 6.99. The van der Waals surface area contributed by atoms with Crippen molar-refractivity contribution in [2.75, 3.05) is 18.2 Å². The van der Waals surface area contributed by atoms with Crippen molar-refractivity contribution in [2.45, 2.75) is 6.54 Å². The van der Waals surface area contributed by atoms with Gasteiger partial charge in [0.15, 0.2) is 0 Å². The number of nitrogens with zero attached hydrogens (tertiary/aromatic N) is 2. The quantitative estimate of drug-likeness (QED) is 0.836.